The van der Waals surface area contributed by atoms with Crippen LogP contribution < -0.4 is 10.2 Å². The van der Waals surface area contributed by atoms with Crippen molar-refractivity contribution in [3.63, 3.8) is 0 Å². The number of hydrogen-bond acceptors (Lipinski definition) is 2. The average Bonchev–Trinajstić information content (AvgIpc) is 2.32. The molecule has 2 nitrogen and oxygen atoms in total. The van der Waals surface area contributed by atoms with Crippen LogP contribution in [0.25, 0.3) is 0 Å². The first-order valence-corrected chi connectivity index (χ1v) is 7.15. The van der Waals surface area contributed by atoms with Gasteiger partial charge in [-0.2, -0.15) is 0 Å². The number of rotatable bonds is 3. The lowest BCUT2D eigenvalue weighted by molar-refractivity contribution is 0.356. The summed E-state index contributed by atoms with van der Waals surface area (Å²) in [5.41, 5.74) is 4.16. The topological polar surface area (TPSA) is 15.3 Å². The van der Waals surface area contributed by atoms with Gasteiger partial charge < -0.3 is 10.2 Å². The minimum Gasteiger partial charge on any atom is -0.370 e. The fourth-order valence-corrected chi connectivity index (χ4v) is 2.92. The van der Waals surface area contributed by atoms with E-state index in [1.165, 1.54) is 29.8 Å². The molecular formula is C16H26N2. The number of aryl methyl sites for hydroxylation is 2. The first kappa shape index (κ1) is 13.4. The van der Waals surface area contributed by atoms with Gasteiger partial charge in [0.1, 0.15) is 0 Å². The quantitative estimate of drug-likeness (QED) is 0.881. The van der Waals surface area contributed by atoms with Crippen molar-refractivity contribution in [1.29, 1.82) is 0 Å². The molecule has 1 aromatic rings. The van der Waals surface area contributed by atoms with Crippen molar-refractivity contribution in [2.75, 3.05) is 24.5 Å². The van der Waals surface area contributed by atoms with Crippen molar-refractivity contribution in [2.45, 2.75) is 40.2 Å². The van der Waals surface area contributed by atoms with E-state index in [0.29, 0.717) is 6.04 Å². The van der Waals surface area contributed by atoms with Gasteiger partial charge in [0.15, 0.2) is 0 Å². The van der Waals surface area contributed by atoms with Crippen molar-refractivity contribution >= 4 is 5.69 Å². The average molecular weight is 246 g/mol. The summed E-state index contributed by atoms with van der Waals surface area (Å²) in [5.74, 6) is 0.768. The Kier molecular flexibility index (Phi) is 4.28. The molecule has 2 atom stereocenters. The molecule has 2 heteroatoms. The van der Waals surface area contributed by atoms with Gasteiger partial charge in [0.25, 0.3) is 0 Å². The Balaban J connectivity index is 2.13. The fourth-order valence-electron chi connectivity index (χ4n) is 2.92. The summed E-state index contributed by atoms with van der Waals surface area (Å²) in [7, 11) is 0. The molecule has 0 aromatic heterocycles. The molecule has 1 saturated heterocycles. The van der Waals surface area contributed by atoms with Gasteiger partial charge in [0.05, 0.1) is 0 Å². The van der Waals surface area contributed by atoms with Crippen molar-refractivity contribution < 1.29 is 0 Å². The van der Waals surface area contributed by atoms with Crippen LogP contribution in [-0.4, -0.2) is 25.7 Å². The number of nitrogens with zero attached hydrogens (tertiary/aromatic N) is 1. The Labute approximate surface area is 111 Å². The molecule has 1 fully saturated rings. The van der Waals surface area contributed by atoms with Gasteiger partial charge in [-0.1, -0.05) is 19.9 Å². The second-order valence-electron chi connectivity index (χ2n) is 5.77. The van der Waals surface area contributed by atoms with Crippen molar-refractivity contribution in [3.05, 3.63) is 29.3 Å². The van der Waals surface area contributed by atoms with E-state index in [0.717, 1.165) is 19.0 Å². The molecular weight excluding hydrogens is 220 g/mol. The lowest BCUT2D eigenvalue weighted by atomic mass is 9.95. The van der Waals surface area contributed by atoms with Gasteiger partial charge in [-0.15, -0.1) is 0 Å². The maximum Gasteiger partial charge on any atom is 0.0369 e. The Morgan fingerprint density at radius 3 is 2.67 bits per heavy atom. The molecule has 0 radical (unpaired) electrons. The molecule has 0 bridgehead atoms. The van der Waals surface area contributed by atoms with Crippen molar-refractivity contribution in [1.82, 2.24) is 5.32 Å². The van der Waals surface area contributed by atoms with Crippen LogP contribution in [0.4, 0.5) is 5.69 Å². The highest BCUT2D eigenvalue weighted by Crippen LogP contribution is 2.25. The van der Waals surface area contributed by atoms with E-state index in [-0.39, 0.29) is 0 Å². The van der Waals surface area contributed by atoms with Crippen LogP contribution in [0.2, 0.25) is 0 Å². The summed E-state index contributed by atoms with van der Waals surface area (Å²) >= 11 is 0. The zero-order chi connectivity index (χ0) is 13.1. The van der Waals surface area contributed by atoms with Crippen molar-refractivity contribution in [3.8, 4) is 0 Å². The highest BCUT2D eigenvalue weighted by molar-refractivity contribution is 5.51. The van der Waals surface area contributed by atoms with Crippen molar-refractivity contribution in [2.24, 2.45) is 5.92 Å². The SMILES string of the molecule is CCNC1CC(C)CN(c2ccc(C)c(C)c2)C1. The maximum atomic E-state index is 3.60. The smallest absolute Gasteiger partial charge is 0.0369 e. The van der Waals surface area contributed by atoms with E-state index in [4.69, 9.17) is 0 Å². The third kappa shape index (κ3) is 3.05. The molecule has 1 aromatic carbocycles. The summed E-state index contributed by atoms with van der Waals surface area (Å²) in [6.07, 6.45) is 1.30. The second-order valence-corrected chi connectivity index (χ2v) is 5.77. The zero-order valence-electron chi connectivity index (χ0n) is 12.2. The van der Waals surface area contributed by atoms with E-state index < -0.39 is 0 Å². The molecule has 1 heterocycles. The molecule has 0 spiro atoms. The number of benzene rings is 1. The third-order valence-corrected chi connectivity index (χ3v) is 4.01. The molecule has 0 amide bonds. The molecule has 100 valence electrons. The summed E-state index contributed by atoms with van der Waals surface area (Å²) in [6, 6.07) is 7.48. The van der Waals surface area contributed by atoms with Crippen LogP contribution in [0.3, 0.4) is 0 Å². The second kappa shape index (κ2) is 5.75. The molecule has 1 aliphatic rings. The van der Waals surface area contributed by atoms with Crippen LogP contribution in [0, 0.1) is 19.8 Å². The Morgan fingerprint density at radius 2 is 2.00 bits per heavy atom. The lowest BCUT2D eigenvalue weighted by Crippen LogP contribution is -2.48. The zero-order valence-corrected chi connectivity index (χ0v) is 12.2. The van der Waals surface area contributed by atoms with Gasteiger partial charge in [-0.25, -0.2) is 0 Å². The van der Waals surface area contributed by atoms with Crippen LogP contribution in [0.15, 0.2) is 18.2 Å². The molecule has 2 rings (SSSR count). The fraction of sp³-hybridized carbons (Fsp3) is 0.625. The molecule has 1 N–H and O–H groups in total. The molecule has 0 saturated carbocycles. The predicted octanol–water partition coefficient (Wildman–Crippen LogP) is 3.13. The van der Waals surface area contributed by atoms with Gasteiger partial charge in [-0.3, -0.25) is 0 Å². The van der Waals surface area contributed by atoms with E-state index in [9.17, 15) is 0 Å². The maximum absolute atomic E-state index is 3.60. The number of piperidine rings is 1. The van der Waals surface area contributed by atoms with E-state index in [1.54, 1.807) is 0 Å². The molecule has 18 heavy (non-hydrogen) atoms. The van der Waals surface area contributed by atoms with Gasteiger partial charge in [0.2, 0.25) is 0 Å². The lowest BCUT2D eigenvalue weighted by Gasteiger charge is -2.38. The van der Waals surface area contributed by atoms with Crippen LogP contribution >= 0.6 is 0 Å². The number of anilines is 1. The number of likely N-dealkylation sites (N-methyl/N-ethyl adjacent to an activating group) is 1. The summed E-state index contributed by atoms with van der Waals surface area (Å²) in [6.45, 7) is 12.3. The van der Waals surface area contributed by atoms with Crippen LogP contribution in [-0.2, 0) is 0 Å². The minimum atomic E-state index is 0.639. The van der Waals surface area contributed by atoms with Gasteiger partial charge >= 0.3 is 0 Å². The highest BCUT2D eigenvalue weighted by atomic mass is 15.2. The minimum absolute atomic E-state index is 0.639. The summed E-state index contributed by atoms with van der Waals surface area (Å²) in [4.78, 5) is 2.54. The van der Waals surface area contributed by atoms with Gasteiger partial charge in [-0.05, 0) is 56.0 Å². The molecule has 0 aliphatic carbocycles. The largest absolute Gasteiger partial charge is 0.370 e. The third-order valence-electron chi connectivity index (χ3n) is 4.01. The standard InChI is InChI=1S/C16H26N2/c1-5-17-15-8-12(2)10-18(11-15)16-7-6-13(3)14(4)9-16/h6-7,9,12,15,17H,5,8,10-11H2,1-4H3. The normalized spacial score (nSPS) is 24.3. The summed E-state index contributed by atoms with van der Waals surface area (Å²) in [5, 5.41) is 3.60. The van der Waals surface area contributed by atoms with Crippen LogP contribution in [0.5, 0.6) is 0 Å². The highest BCUT2D eigenvalue weighted by Gasteiger charge is 2.24. The Morgan fingerprint density at radius 1 is 1.22 bits per heavy atom. The Bertz CT molecular complexity index is 400. The van der Waals surface area contributed by atoms with E-state index >= 15 is 0 Å². The monoisotopic (exact) mass is 246 g/mol. The van der Waals surface area contributed by atoms with E-state index in [1.807, 2.05) is 0 Å². The number of hydrogen-bond donors (Lipinski definition) is 1. The first-order chi connectivity index (χ1) is 8.60. The summed E-state index contributed by atoms with van der Waals surface area (Å²) < 4.78 is 0. The number of nitrogens with one attached hydrogen (secondary N) is 1. The Hall–Kier alpha value is -1.02. The first-order valence-electron chi connectivity index (χ1n) is 7.15. The van der Waals surface area contributed by atoms with Gasteiger partial charge in [0, 0.05) is 24.8 Å². The molecule has 1 aliphatic heterocycles. The van der Waals surface area contributed by atoms with E-state index in [2.05, 4.69) is 56.1 Å². The predicted molar refractivity (Wildman–Crippen MR) is 79.4 cm³/mol. The van der Waals surface area contributed by atoms with Crippen LogP contribution in [0.1, 0.15) is 31.4 Å². The molecule has 2 unspecified atom stereocenters.